The minimum Gasteiger partial charge on any atom is -0.785 e. The first-order chi connectivity index (χ1) is 5.18. The van der Waals surface area contributed by atoms with Crippen LogP contribution in [0.5, 0.6) is 0 Å². The van der Waals surface area contributed by atoms with E-state index in [2.05, 4.69) is 0 Å². The summed E-state index contributed by atoms with van der Waals surface area (Å²) in [6.07, 6.45) is 0.884. The lowest BCUT2D eigenvalue weighted by molar-refractivity contribution is -0.147. The number of ether oxygens (including phenoxy) is 1. The number of esters is 1. The third kappa shape index (κ3) is 1.12. The van der Waals surface area contributed by atoms with E-state index in [1.165, 1.54) is 0 Å². The summed E-state index contributed by atoms with van der Waals surface area (Å²) in [5.74, 6) is -0.233. The molecule has 4 nitrogen and oxygen atoms in total. The molecule has 4 heteroatoms. The first-order valence-corrected chi connectivity index (χ1v) is 3.83. The fraction of sp³-hybridized carbons (Fsp3) is 0.857. The van der Waals surface area contributed by atoms with Crippen molar-refractivity contribution in [3.8, 4) is 0 Å². The van der Waals surface area contributed by atoms with E-state index in [-0.39, 0.29) is 30.6 Å². The van der Waals surface area contributed by atoms with Gasteiger partial charge in [-0.25, -0.2) is 0 Å². The van der Waals surface area contributed by atoms with Crippen molar-refractivity contribution in [3.05, 3.63) is 5.21 Å². The molecule has 2 aliphatic heterocycles. The second-order valence-corrected chi connectivity index (χ2v) is 3.23. The first kappa shape index (κ1) is 7.06. The van der Waals surface area contributed by atoms with E-state index in [9.17, 15) is 10.0 Å². The van der Waals surface area contributed by atoms with E-state index in [0.29, 0.717) is 6.42 Å². The molecule has 3 unspecified atom stereocenters. The Bertz CT molecular complexity index is 194. The highest BCUT2D eigenvalue weighted by atomic mass is 16.6. The van der Waals surface area contributed by atoms with Gasteiger partial charge in [0.15, 0.2) is 0 Å². The molecule has 0 amide bonds. The molecule has 0 aromatic heterocycles. The Labute approximate surface area is 64.7 Å². The van der Waals surface area contributed by atoms with Crippen molar-refractivity contribution in [2.75, 3.05) is 0 Å². The van der Waals surface area contributed by atoms with Crippen molar-refractivity contribution < 1.29 is 9.53 Å². The molecule has 2 rings (SSSR count). The molecule has 2 heterocycles. The molecule has 0 spiro atoms. The van der Waals surface area contributed by atoms with Crippen molar-refractivity contribution in [2.24, 2.45) is 0 Å². The van der Waals surface area contributed by atoms with Crippen molar-refractivity contribution in [2.45, 2.75) is 38.0 Å². The van der Waals surface area contributed by atoms with Gasteiger partial charge >= 0.3 is 5.97 Å². The lowest BCUT2D eigenvalue weighted by atomic mass is 10.2. The SMILES string of the molecule is C[C@@H]1CC2C(CC(=O)O1)N2[O-]. The second kappa shape index (κ2) is 2.19. The van der Waals surface area contributed by atoms with Crippen LogP contribution in [0.2, 0.25) is 0 Å². The van der Waals surface area contributed by atoms with Gasteiger partial charge < -0.3 is 15.0 Å². The molecule has 0 aliphatic carbocycles. The monoisotopic (exact) mass is 156 g/mol. The summed E-state index contributed by atoms with van der Waals surface area (Å²) >= 11 is 0. The van der Waals surface area contributed by atoms with Crippen LogP contribution in [-0.2, 0) is 9.53 Å². The molecular weight excluding hydrogens is 146 g/mol. The number of hydrogen-bond donors (Lipinski definition) is 0. The van der Waals surface area contributed by atoms with Crippen molar-refractivity contribution >= 4 is 5.97 Å². The number of hydrogen-bond acceptors (Lipinski definition) is 4. The second-order valence-electron chi connectivity index (χ2n) is 3.23. The van der Waals surface area contributed by atoms with Gasteiger partial charge in [-0.2, -0.15) is 0 Å². The Balaban J connectivity index is 2.05. The zero-order valence-corrected chi connectivity index (χ0v) is 6.32. The van der Waals surface area contributed by atoms with Crippen molar-refractivity contribution in [3.63, 3.8) is 0 Å². The molecule has 0 aromatic rings. The highest BCUT2D eigenvalue weighted by molar-refractivity contribution is 5.71. The van der Waals surface area contributed by atoms with E-state index < -0.39 is 0 Å². The molecule has 0 radical (unpaired) electrons. The van der Waals surface area contributed by atoms with Crippen LogP contribution in [0.4, 0.5) is 0 Å². The number of hydroxylamine groups is 2. The molecule has 2 fully saturated rings. The van der Waals surface area contributed by atoms with Gasteiger partial charge in [0.05, 0.1) is 6.42 Å². The van der Waals surface area contributed by atoms with Crippen molar-refractivity contribution in [1.29, 1.82) is 0 Å². The van der Waals surface area contributed by atoms with Gasteiger partial charge in [0, 0.05) is 18.5 Å². The van der Waals surface area contributed by atoms with E-state index in [1.54, 1.807) is 0 Å². The predicted molar refractivity (Wildman–Crippen MR) is 37.6 cm³/mol. The van der Waals surface area contributed by atoms with Crippen LogP contribution >= 0.6 is 0 Å². The largest absolute Gasteiger partial charge is 0.785 e. The number of carbonyl (C=O) groups is 1. The molecule has 62 valence electrons. The number of cyclic esters (lactones) is 1. The summed E-state index contributed by atoms with van der Waals surface area (Å²) in [5.41, 5.74) is 0. The molecule has 2 aliphatic rings. The van der Waals surface area contributed by atoms with Gasteiger partial charge in [0.2, 0.25) is 0 Å². The number of carbonyl (C=O) groups excluding carboxylic acids is 1. The Kier molecular flexibility index (Phi) is 1.40. The van der Waals surface area contributed by atoms with Gasteiger partial charge in [-0.05, 0) is 6.92 Å². The summed E-state index contributed by atoms with van der Waals surface area (Å²) < 4.78 is 4.96. The van der Waals surface area contributed by atoms with E-state index in [4.69, 9.17) is 4.74 Å². The standard InChI is InChI=1S/C7H10NO3/c1-4-2-5-6(8(5)10)3-7(9)11-4/h4-6H,2-3H2,1H3/q-1/t4-,5?,6?,8?/m1/s1. The average molecular weight is 156 g/mol. The maximum atomic E-state index is 10.9. The molecular formula is C7H10NO3-. The third-order valence-electron chi connectivity index (χ3n) is 2.29. The van der Waals surface area contributed by atoms with Crippen LogP contribution in [0.15, 0.2) is 0 Å². The molecule has 11 heavy (non-hydrogen) atoms. The molecule has 2 saturated heterocycles. The topological polar surface area (TPSA) is 52.4 Å². The van der Waals surface area contributed by atoms with Crippen LogP contribution in [0.25, 0.3) is 0 Å². The van der Waals surface area contributed by atoms with Crippen LogP contribution in [-0.4, -0.2) is 29.2 Å². The fourth-order valence-electron chi connectivity index (χ4n) is 1.63. The first-order valence-electron chi connectivity index (χ1n) is 3.83. The van der Waals surface area contributed by atoms with E-state index in [0.717, 1.165) is 5.06 Å². The van der Waals surface area contributed by atoms with Gasteiger partial charge in [-0.3, -0.25) is 4.79 Å². The van der Waals surface area contributed by atoms with Crippen LogP contribution in [0.3, 0.4) is 0 Å². The molecule has 4 atom stereocenters. The van der Waals surface area contributed by atoms with E-state index in [1.807, 2.05) is 6.92 Å². The van der Waals surface area contributed by atoms with Gasteiger partial charge in [-0.1, -0.05) is 0 Å². The smallest absolute Gasteiger partial charge is 0.307 e. The lowest BCUT2D eigenvalue weighted by Gasteiger charge is -2.14. The lowest BCUT2D eigenvalue weighted by Crippen LogP contribution is -2.16. The quantitative estimate of drug-likeness (QED) is 0.373. The normalized spacial score (nSPS) is 49.1. The third-order valence-corrected chi connectivity index (χ3v) is 2.29. The van der Waals surface area contributed by atoms with Crippen LogP contribution in [0.1, 0.15) is 19.8 Å². The Hall–Kier alpha value is -0.610. The zero-order valence-electron chi connectivity index (χ0n) is 6.32. The molecule has 0 aromatic carbocycles. The number of rotatable bonds is 0. The van der Waals surface area contributed by atoms with Crippen LogP contribution < -0.4 is 0 Å². The highest BCUT2D eigenvalue weighted by Crippen LogP contribution is 2.36. The minimum atomic E-state index is -0.233. The zero-order chi connectivity index (χ0) is 8.01. The summed E-state index contributed by atoms with van der Waals surface area (Å²) in [7, 11) is 0. The van der Waals surface area contributed by atoms with Gasteiger partial charge in [0.1, 0.15) is 6.10 Å². The Morgan fingerprint density at radius 2 is 2.36 bits per heavy atom. The number of nitrogens with zero attached hydrogens (tertiary/aromatic N) is 1. The summed E-state index contributed by atoms with van der Waals surface area (Å²) in [4.78, 5) is 10.9. The van der Waals surface area contributed by atoms with E-state index >= 15 is 0 Å². The minimum absolute atomic E-state index is 0.0523. The highest BCUT2D eigenvalue weighted by Gasteiger charge is 2.44. The van der Waals surface area contributed by atoms with Gasteiger partial charge in [0.25, 0.3) is 0 Å². The predicted octanol–water partition coefficient (Wildman–Crippen LogP) is 0.263. The van der Waals surface area contributed by atoms with Gasteiger partial charge in [-0.15, -0.1) is 0 Å². The maximum Gasteiger partial charge on any atom is 0.307 e. The Morgan fingerprint density at radius 1 is 1.64 bits per heavy atom. The fourth-order valence-corrected chi connectivity index (χ4v) is 1.63. The number of fused-ring (bicyclic) bond motifs is 1. The summed E-state index contributed by atoms with van der Waals surface area (Å²) in [6, 6.07) is -0.0242. The molecule has 0 saturated carbocycles. The van der Waals surface area contributed by atoms with Crippen LogP contribution in [0, 0.1) is 5.21 Å². The maximum absolute atomic E-state index is 10.9. The summed E-state index contributed by atoms with van der Waals surface area (Å²) in [6.45, 7) is 1.83. The molecule has 0 bridgehead atoms. The summed E-state index contributed by atoms with van der Waals surface area (Å²) in [5, 5.41) is 11.9. The van der Waals surface area contributed by atoms with Crippen molar-refractivity contribution in [1.82, 2.24) is 5.06 Å². The average Bonchev–Trinajstić information content (AvgIpc) is 2.49. The Morgan fingerprint density at radius 3 is 3.09 bits per heavy atom. The molecule has 0 N–H and O–H groups in total.